The van der Waals surface area contributed by atoms with Crippen LogP contribution < -0.4 is 5.32 Å². The lowest BCUT2D eigenvalue weighted by atomic mass is 10.2. The zero-order chi connectivity index (χ0) is 22.8. The van der Waals surface area contributed by atoms with Gasteiger partial charge in [0.25, 0.3) is 5.91 Å². The van der Waals surface area contributed by atoms with Gasteiger partial charge in [-0.15, -0.1) is 0 Å². The second-order valence-electron chi connectivity index (χ2n) is 7.78. The monoisotopic (exact) mass is 416 g/mol. The summed E-state index contributed by atoms with van der Waals surface area (Å²) in [7, 11) is 5.52. The molecular weight excluding hydrogens is 380 g/mol. The number of carbonyl (C=O) groups is 1. The first-order valence-electron chi connectivity index (χ1n) is 10.2. The van der Waals surface area contributed by atoms with Crippen molar-refractivity contribution in [3.05, 3.63) is 48.6 Å². The molecule has 0 fully saturated rings. The van der Waals surface area contributed by atoms with Gasteiger partial charge in [-0.1, -0.05) is 27.7 Å². The summed E-state index contributed by atoms with van der Waals surface area (Å²) in [5.41, 5.74) is 0. The van der Waals surface area contributed by atoms with Crippen LogP contribution in [0.4, 0.5) is 0 Å². The number of carbonyl (C=O) groups excluding carboxylic acids is 1. The molecular formula is C21H36N8O. The van der Waals surface area contributed by atoms with Crippen LogP contribution in [0.1, 0.15) is 81.7 Å². The predicted molar refractivity (Wildman–Crippen MR) is 118 cm³/mol. The summed E-state index contributed by atoms with van der Waals surface area (Å²) < 4.78 is 5.67. The molecule has 3 rings (SSSR count). The predicted octanol–water partition coefficient (Wildman–Crippen LogP) is 3.31. The van der Waals surface area contributed by atoms with Crippen molar-refractivity contribution in [1.29, 1.82) is 0 Å². The molecule has 166 valence electrons. The van der Waals surface area contributed by atoms with Gasteiger partial charge < -0.3 is 14.5 Å². The molecule has 3 heterocycles. The number of aromatic nitrogens is 7. The van der Waals surface area contributed by atoms with Gasteiger partial charge >= 0.3 is 0 Å². The standard InChI is InChI=1S/C8H13N3O.C7H12N2.C6H11N3/c1-6(2)11-5-4-10-7(11)8(12)9-3;1-6(2)7-8-4-5-9(7)3;1-5(2)6-7-4-8-9(6)3/h4-6H,1-3H3,(H,9,12);4-6H,1-3H3;4-5H,1-3H3. The topological polar surface area (TPSA) is 95.4 Å². The summed E-state index contributed by atoms with van der Waals surface area (Å²) in [6.45, 7) is 12.5. The maximum Gasteiger partial charge on any atom is 0.287 e. The Morgan fingerprint density at radius 3 is 1.83 bits per heavy atom. The summed E-state index contributed by atoms with van der Waals surface area (Å²) in [6.07, 6.45) is 8.81. The number of nitrogens with zero attached hydrogens (tertiary/aromatic N) is 7. The highest BCUT2D eigenvalue weighted by molar-refractivity contribution is 5.90. The number of nitrogens with one attached hydrogen (secondary N) is 1. The van der Waals surface area contributed by atoms with Crippen molar-refractivity contribution in [2.75, 3.05) is 7.05 Å². The van der Waals surface area contributed by atoms with Gasteiger partial charge in [0.2, 0.25) is 0 Å². The number of hydrogen-bond acceptors (Lipinski definition) is 5. The minimum Gasteiger partial charge on any atom is -0.352 e. The normalized spacial score (nSPS) is 10.5. The van der Waals surface area contributed by atoms with Gasteiger partial charge in [0, 0.05) is 63.8 Å². The Labute approximate surface area is 179 Å². The van der Waals surface area contributed by atoms with Crippen LogP contribution in [0.25, 0.3) is 0 Å². The second kappa shape index (κ2) is 11.9. The summed E-state index contributed by atoms with van der Waals surface area (Å²) >= 11 is 0. The van der Waals surface area contributed by atoms with Crippen LogP contribution in [-0.2, 0) is 14.1 Å². The van der Waals surface area contributed by atoms with Gasteiger partial charge in [0.05, 0.1) is 0 Å². The molecule has 0 unspecified atom stereocenters. The molecule has 0 spiro atoms. The molecule has 1 N–H and O–H groups in total. The summed E-state index contributed by atoms with van der Waals surface area (Å²) in [4.78, 5) is 23.4. The van der Waals surface area contributed by atoms with Gasteiger partial charge in [-0.2, -0.15) is 5.10 Å². The van der Waals surface area contributed by atoms with E-state index in [1.807, 2.05) is 49.5 Å². The second-order valence-corrected chi connectivity index (χ2v) is 7.78. The smallest absolute Gasteiger partial charge is 0.287 e. The van der Waals surface area contributed by atoms with Crippen molar-refractivity contribution in [1.82, 2.24) is 39.2 Å². The first kappa shape index (κ1) is 25.1. The molecule has 0 saturated carbocycles. The maximum absolute atomic E-state index is 11.2. The van der Waals surface area contributed by atoms with Crippen LogP contribution in [-0.4, -0.2) is 46.8 Å². The Kier molecular flexibility index (Phi) is 9.94. The molecule has 3 aromatic rings. The van der Waals surface area contributed by atoms with Gasteiger partial charge in [0.1, 0.15) is 18.0 Å². The Morgan fingerprint density at radius 1 is 0.900 bits per heavy atom. The lowest BCUT2D eigenvalue weighted by Crippen LogP contribution is -2.23. The number of imidazole rings is 2. The summed E-state index contributed by atoms with van der Waals surface area (Å²) in [6, 6.07) is 0.264. The van der Waals surface area contributed by atoms with Crippen LogP contribution in [0, 0.1) is 0 Å². The quantitative estimate of drug-likeness (QED) is 0.704. The van der Waals surface area contributed by atoms with E-state index in [9.17, 15) is 4.79 Å². The molecule has 0 aliphatic rings. The van der Waals surface area contributed by atoms with Crippen molar-refractivity contribution in [2.45, 2.75) is 59.4 Å². The van der Waals surface area contributed by atoms with E-state index in [0.29, 0.717) is 17.7 Å². The minimum absolute atomic E-state index is 0.145. The Morgan fingerprint density at radius 2 is 1.50 bits per heavy atom. The molecule has 0 saturated heterocycles. The van der Waals surface area contributed by atoms with Crippen LogP contribution in [0.5, 0.6) is 0 Å². The molecule has 9 nitrogen and oxygen atoms in total. The molecule has 0 atom stereocenters. The molecule has 0 radical (unpaired) electrons. The molecule has 3 aromatic heterocycles. The number of aryl methyl sites for hydroxylation is 2. The van der Waals surface area contributed by atoms with E-state index in [1.54, 1.807) is 30.5 Å². The van der Waals surface area contributed by atoms with E-state index in [0.717, 1.165) is 11.6 Å². The highest BCUT2D eigenvalue weighted by Gasteiger charge is 2.11. The minimum atomic E-state index is -0.145. The fraction of sp³-hybridized carbons (Fsp3) is 0.571. The fourth-order valence-corrected chi connectivity index (χ4v) is 2.78. The highest BCUT2D eigenvalue weighted by Crippen LogP contribution is 2.09. The summed E-state index contributed by atoms with van der Waals surface area (Å²) in [5, 5.41) is 6.48. The molecule has 1 amide bonds. The van der Waals surface area contributed by atoms with Crippen molar-refractivity contribution < 1.29 is 4.79 Å². The SMILES string of the molecule is CC(C)c1nccn1C.CC(C)c1ncnn1C.CNC(=O)c1nccn1C(C)C. The van der Waals surface area contributed by atoms with Gasteiger partial charge in [0.15, 0.2) is 5.82 Å². The lowest BCUT2D eigenvalue weighted by Gasteiger charge is -2.09. The zero-order valence-electron chi connectivity index (χ0n) is 19.7. The zero-order valence-corrected chi connectivity index (χ0v) is 19.7. The lowest BCUT2D eigenvalue weighted by molar-refractivity contribution is 0.0947. The number of hydrogen-bond donors (Lipinski definition) is 1. The van der Waals surface area contributed by atoms with E-state index in [4.69, 9.17) is 0 Å². The van der Waals surface area contributed by atoms with Crippen molar-refractivity contribution in [2.24, 2.45) is 14.1 Å². The van der Waals surface area contributed by atoms with E-state index in [-0.39, 0.29) is 11.9 Å². The van der Waals surface area contributed by atoms with Crippen molar-refractivity contribution in [3.63, 3.8) is 0 Å². The Hall–Kier alpha value is -2.97. The molecule has 0 aliphatic carbocycles. The van der Waals surface area contributed by atoms with Gasteiger partial charge in [-0.05, 0) is 13.8 Å². The van der Waals surface area contributed by atoms with Crippen LogP contribution in [0.3, 0.4) is 0 Å². The third-order valence-corrected chi connectivity index (χ3v) is 4.29. The average Bonchev–Trinajstić information content (AvgIpc) is 3.42. The summed E-state index contributed by atoms with van der Waals surface area (Å²) in [5.74, 6) is 3.51. The fourth-order valence-electron chi connectivity index (χ4n) is 2.78. The molecule has 9 heteroatoms. The van der Waals surface area contributed by atoms with Gasteiger partial charge in [-0.25, -0.2) is 15.0 Å². The molecule has 0 bridgehead atoms. The van der Waals surface area contributed by atoms with Crippen LogP contribution >= 0.6 is 0 Å². The largest absolute Gasteiger partial charge is 0.352 e. The average molecular weight is 417 g/mol. The van der Waals surface area contributed by atoms with E-state index in [2.05, 4.69) is 53.1 Å². The molecule has 0 aliphatic heterocycles. The van der Waals surface area contributed by atoms with E-state index < -0.39 is 0 Å². The third-order valence-electron chi connectivity index (χ3n) is 4.29. The van der Waals surface area contributed by atoms with Crippen molar-refractivity contribution in [3.8, 4) is 0 Å². The number of rotatable bonds is 4. The highest BCUT2D eigenvalue weighted by atomic mass is 16.2. The molecule has 0 aromatic carbocycles. The Bertz CT molecular complexity index is 844. The maximum atomic E-state index is 11.2. The third kappa shape index (κ3) is 7.13. The van der Waals surface area contributed by atoms with Gasteiger partial charge in [-0.3, -0.25) is 9.48 Å². The van der Waals surface area contributed by atoms with Crippen LogP contribution in [0.15, 0.2) is 31.1 Å². The van der Waals surface area contributed by atoms with Crippen molar-refractivity contribution >= 4 is 5.91 Å². The first-order valence-corrected chi connectivity index (χ1v) is 10.2. The number of amides is 1. The van der Waals surface area contributed by atoms with Crippen LogP contribution in [0.2, 0.25) is 0 Å². The molecule has 30 heavy (non-hydrogen) atoms. The first-order chi connectivity index (χ1) is 14.1. The van der Waals surface area contributed by atoms with E-state index in [1.165, 1.54) is 0 Å². The van der Waals surface area contributed by atoms with E-state index >= 15 is 0 Å². The Balaban J connectivity index is 0.000000229.